The third kappa shape index (κ3) is 4.36. The number of carbonyl (C=O) groups excluding carboxylic acids is 1. The molecular weight excluding hydrogens is 290 g/mol. The number of pyridine rings is 1. The monoisotopic (exact) mass is 305 g/mol. The van der Waals surface area contributed by atoms with Gasteiger partial charge in [-0.1, -0.05) is 11.6 Å². The summed E-state index contributed by atoms with van der Waals surface area (Å²) >= 11 is 5.79. The number of likely N-dealkylation sites (N-methyl/N-ethyl adjacent to an activating group) is 1. The second-order valence-electron chi connectivity index (χ2n) is 4.51. The molecule has 6 heteroatoms. The molecule has 110 valence electrons. The standard InChI is InChI=1S/C15H16ClN3O2/c1-19(15(20)14-7-4-12(17)10-18-14)8-9-21-13-5-2-11(16)3-6-13/h2-7,10H,8-9,17H2,1H3. The van der Waals surface area contributed by atoms with Crippen LogP contribution in [0.15, 0.2) is 42.6 Å². The molecule has 1 aromatic heterocycles. The van der Waals surface area contributed by atoms with Crippen LogP contribution in [-0.4, -0.2) is 36.0 Å². The van der Waals surface area contributed by atoms with Crippen molar-refractivity contribution in [2.45, 2.75) is 0 Å². The summed E-state index contributed by atoms with van der Waals surface area (Å²) in [6.07, 6.45) is 1.46. The first-order chi connectivity index (χ1) is 10.1. The lowest BCUT2D eigenvalue weighted by Crippen LogP contribution is -2.31. The average molecular weight is 306 g/mol. The second kappa shape index (κ2) is 6.95. The first-order valence-electron chi connectivity index (χ1n) is 6.41. The van der Waals surface area contributed by atoms with Crippen LogP contribution in [-0.2, 0) is 0 Å². The summed E-state index contributed by atoms with van der Waals surface area (Å²) in [7, 11) is 1.70. The van der Waals surface area contributed by atoms with Gasteiger partial charge in [-0.15, -0.1) is 0 Å². The van der Waals surface area contributed by atoms with Crippen LogP contribution in [0.5, 0.6) is 5.75 Å². The van der Waals surface area contributed by atoms with Crippen molar-refractivity contribution in [2.75, 3.05) is 25.9 Å². The van der Waals surface area contributed by atoms with Crippen molar-refractivity contribution in [1.82, 2.24) is 9.88 Å². The van der Waals surface area contributed by atoms with Gasteiger partial charge in [-0.05, 0) is 36.4 Å². The van der Waals surface area contributed by atoms with Crippen LogP contribution in [0.25, 0.3) is 0 Å². The molecule has 0 saturated heterocycles. The number of anilines is 1. The first-order valence-corrected chi connectivity index (χ1v) is 6.79. The van der Waals surface area contributed by atoms with Gasteiger partial charge in [0, 0.05) is 12.1 Å². The molecule has 0 bridgehead atoms. The van der Waals surface area contributed by atoms with Gasteiger partial charge in [0.05, 0.1) is 18.4 Å². The van der Waals surface area contributed by atoms with Gasteiger partial charge in [-0.2, -0.15) is 0 Å². The summed E-state index contributed by atoms with van der Waals surface area (Å²) in [4.78, 5) is 17.6. The Morgan fingerprint density at radius 1 is 1.29 bits per heavy atom. The molecule has 2 rings (SSSR count). The van der Waals surface area contributed by atoms with E-state index in [0.29, 0.717) is 35.3 Å². The Kier molecular flexibility index (Phi) is 5.00. The predicted octanol–water partition coefficient (Wildman–Crippen LogP) is 2.47. The van der Waals surface area contributed by atoms with E-state index >= 15 is 0 Å². The fourth-order valence-electron chi connectivity index (χ4n) is 1.66. The summed E-state index contributed by atoms with van der Waals surface area (Å²) in [6, 6.07) is 10.3. The van der Waals surface area contributed by atoms with E-state index in [2.05, 4.69) is 4.98 Å². The Morgan fingerprint density at radius 3 is 2.62 bits per heavy atom. The van der Waals surface area contributed by atoms with Crippen molar-refractivity contribution in [3.8, 4) is 5.75 Å². The molecule has 21 heavy (non-hydrogen) atoms. The molecule has 1 aromatic carbocycles. The molecule has 0 radical (unpaired) electrons. The molecule has 5 nitrogen and oxygen atoms in total. The van der Waals surface area contributed by atoms with E-state index in [1.165, 1.54) is 6.20 Å². The number of nitrogen functional groups attached to an aromatic ring is 1. The molecule has 0 aliphatic heterocycles. The minimum atomic E-state index is -0.172. The third-order valence-electron chi connectivity index (χ3n) is 2.86. The van der Waals surface area contributed by atoms with Gasteiger partial charge in [0.15, 0.2) is 0 Å². The SMILES string of the molecule is CN(CCOc1ccc(Cl)cc1)C(=O)c1ccc(N)cn1. The maximum absolute atomic E-state index is 12.1. The lowest BCUT2D eigenvalue weighted by atomic mass is 10.3. The molecular formula is C15H16ClN3O2. The Bertz CT molecular complexity index is 599. The molecule has 0 fully saturated rings. The lowest BCUT2D eigenvalue weighted by molar-refractivity contribution is 0.0768. The van der Waals surface area contributed by atoms with Gasteiger partial charge in [0.2, 0.25) is 0 Å². The minimum Gasteiger partial charge on any atom is -0.492 e. The lowest BCUT2D eigenvalue weighted by Gasteiger charge is -2.17. The van der Waals surface area contributed by atoms with Crippen LogP contribution >= 0.6 is 11.6 Å². The summed E-state index contributed by atoms with van der Waals surface area (Å²) in [5, 5.41) is 0.657. The number of rotatable bonds is 5. The van der Waals surface area contributed by atoms with Gasteiger partial charge in [-0.3, -0.25) is 4.79 Å². The summed E-state index contributed by atoms with van der Waals surface area (Å²) in [5.41, 5.74) is 6.43. The van der Waals surface area contributed by atoms with Gasteiger partial charge in [-0.25, -0.2) is 4.98 Å². The number of nitrogens with two attached hydrogens (primary N) is 1. The van der Waals surface area contributed by atoms with Crippen LogP contribution in [0.2, 0.25) is 5.02 Å². The highest BCUT2D eigenvalue weighted by atomic mass is 35.5. The number of ether oxygens (including phenoxy) is 1. The van der Waals surface area contributed by atoms with Gasteiger partial charge >= 0.3 is 0 Å². The molecule has 2 aromatic rings. The van der Waals surface area contributed by atoms with E-state index in [4.69, 9.17) is 22.1 Å². The number of carbonyl (C=O) groups is 1. The number of amides is 1. The topological polar surface area (TPSA) is 68.5 Å². The summed E-state index contributed by atoms with van der Waals surface area (Å²) in [5.74, 6) is 0.542. The van der Waals surface area contributed by atoms with E-state index in [1.807, 2.05) is 0 Å². The van der Waals surface area contributed by atoms with Crippen molar-refractivity contribution >= 4 is 23.2 Å². The van der Waals surface area contributed by atoms with Crippen LogP contribution < -0.4 is 10.5 Å². The van der Waals surface area contributed by atoms with E-state index in [0.717, 1.165) is 0 Å². The van der Waals surface area contributed by atoms with Gasteiger partial charge in [0.1, 0.15) is 18.1 Å². The van der Waals surface area contributed by atoms with Crippen LogP contribution in [0.1, 0.15) is 10.5 Å². The Balaban J connectivity index is 1.83. The molecule has 0 aliphatic carbocycles. The average Bonchev–Trinajstić information content (AvgIpc) is 2.49. The Hall–Kier alpha value is -2.27. The van der Waals surface area contributed by atoms with E-state index in [1.54, 1.807) is 48.3 Å². The second-order valence-corrected chi connectivity index (χ2v) is 4.94. The highest BCUT2D eigenvalue weighted by Gasteiger charge is 2.12. The van der Waals surface area contributed by atoms with Crippen molar-refractivity contribution < 1.29 is 9.53 Å². The number of hydrogen-bond acceptors (Lipinski definition) is 4. The Labute approximate surface area is 128 Å². The smallest absolute Gasteiger partial charge is 0.272 e. The van der Waals surface area contributed by atoms with E-state index in [9.17, 15) is 4.79 Å². The first kappa shape index (κ1) is 15.1. The highest BCUT2D eigenvalue weighted by Crippen LogP contribution is 2.15. The molecule has 1 amide bonds. The molecule has 2 N–H and O–H groups in total. The Morgan fingerprint density at radius 2 is 2.00 bits per heavy atom. The summed E-state index contributed by atoms with van der Waals surface area (Å²) in [6.45, 7) is 0.840. The van der Waals surface area contributed by atoms with E-state index in [-0.39, 0.29) is 5.91 Å². The maximum Gasteiger partial charge on any atom is 0.272 e. The zero-order valence-corrected chi connectivity index (χ0v) is 12.4. The maximum atomic E-state index is 12.1. The van der Waals surface area contributed by atoms with Gasteiger partial charge in [0.25, 0.3) is 5.91 Å². The van der Waals surface area contributed by atoms with Crippen molar-refractivity contribution in [1.29, 1.82) is 0 Å². The predicted molar refractivity (Wildman–Crippen MR) is 82.6 cm³/mol. The molecule has 1 heterocycles. The summed E-state index contributed by atoms with van der Waals surface area (Å²) < 4.78 is 5.54. The zero-order valence-electron chi connectivity index (χ0n) is 11.6. The number of benzene rings is 1. The number of aromatic nitrogens is 1. The fraction of sp³-hybridized carbons (Fsp3) is 0.200. The van der Waals surface area contributed by atoms with Crippen molar-refractivity contribution in [2.24, 2.45) is 0 Å². The van der Waals surface area contributed by atoms with Crippen LogP contribution in [0, 0.1) is 0 Å². The highest BCUT2D eigenvalue weighted by molar-refractivity contribution is 6.30. The molecule has 0 unspecified atom stereocenters. The van der Waals surface area contributed by atoms with Crippen molar-refractivity contribution in [3.05, 3.63) is 53.3 Å². The molecule has 0 aliphatic rings. The molecule has 0 spiro atoms. The zero-order chi connectivity index (χ0) is 15.2. The largest absolute Gasteiger partial charge is 0.492 e. The van der Waals surface area contributed by atoms with Crippen LogP contribution in [0.3, 0.4) is 0 Å². The van der Waals surface area contributed by atoms with E-state index < -0.39 is 0 Å². The normalized spacial score (nSPS) is 10.2. The fourth-order valence-corrected chi connectivity index (χ4v) is 1.79. The van der Waals surface area contributed by atoms with Crippen molar-refractivity contribution in [3.63, 3.8) is 0 Å². The number of halogens is 1. The third-order valence-corrected chi connectivity index (χ3v) is 3.11. The quantitative estimate of drug-likeness (QED) is 0.921. The molecule has 0 saturated carbocycles. The van der Waals surface area contributed by atoms with Gasteiger partial charge < -0.3 is 15.4 Å². The number of nitrogens with zero attached hydrogens (tertiary/aromatic N) is 2. The molecule has 0 atom stereocenters. The minimum absolute atomic E-state index is 0.172. The van der Waals surface area contributed by atoms with Crippen LogP contribution in [0.4, 0.5) is 5.69 Å². The number of hydrogen-bond donors (Lipinski definition) is 1.